The minimum Gasteiger partial charge on any atom is -0.466 e. The number of rotatable bonds is 67. The third kappa shape index (κ3) is 63.6. The lowest BCUT2D eigenvalue weighted by Crippen LogP contribution is -2.45. The van der Waals surface area contributed by atoms with E-state index in [0.29, 0.717) is 25.9 Å². The summed E-state index contributed by atoms with van der Waals surface area (Å²) in [5.74, 6) is -0.0349. The van der Waals surface area contributed by atoms with E-state index in [1.165, 1.54) is 321 Å². The Bertz CT molecular complexity index is 1160. The first kappa shape index (κ1) is 75.6. The summed E-state index contributed by atoms with van der Waals surface area (Å²) in [4.78, 5) is 24.7. The maximum Gasteiger partial charge on any atom is 0.305 e. The number of hydrogen-bond acceptors (Lipinski definition) is 5. The molecule has 0 saturated heterocycles. The SMILES string of the molecule is CCCCCCCCCCCCCCCCCCCCCCCCCC(O)C(CO)NC(=O)CCCCCCC/C=C\CCCCCCCCCCCOC(=O)CCCCCCCCCCCCCCCCCCCCC. The Balaban J connectivity index is 3.41. The number of allylic oxidation sites excluding steroid dienone is 2. The molecule has 0 aromatic carbocycles. The molecule has 0 aliphatic carbocycles. The maximum absolute atomic E-state index is 12.5. The van der Waals surface area contributed by atoms with Gasteiger partial charge >= 0.3 is 5.97 Å². The topological polar surface area (TPSA) is 95.9 Å². The van der Waals surface area contributed by atoms with E-state index in [0.717, 1.165) is 51.4 Å². The molecular formula is C71H139NO5. The minimum atomic E-state index is -0.674. The Hall–Kier alpha value is -1.40. The van der Waals surface area contributed by atoms with E-state index in [4.69, 9.17) is 4.74 Å². The molecule has 0 rings (SSSR count). The van der Waals surface area contributed by atoms with Crippen molar-refractivity contribution in [3.8, 4) is 0 Å². The second-order valence-electron chi connectivity index (χ2n) is 24.6. The average molecular weight is 1090 g/mol. The van der Waals surface area contributed by atoms with Gasteiger partial charge in [-0.2, -0.15) is 0 Å². The number of carbonyl (C=O) groups excluding carboxylic acids is 2. The molecule has 0 aliphatic heterocycles. The summed E-state index contributed by atoms with van der Waals surface area (Å²) in [5.41, 5.74) is 0. The maximum atomic E-state index is 12.5. The van der Waals surface area contributed by atoms with E-state index in [1.807, 2.05) is 0 Å². The number of nitrogens with one attached hydrogen (secondary N) is 1. The molecule has 3 N–H and O–H groups in total. The molecule has 6 heteroatoms. The van der Waals surface area contributed by atoms with Crippen LogP contribution in [0.4, 0.5) is 0 Å². The predicted octanol–water partition coefficient (Wildman–Crippen LogP) is 22.8. The van der Waals surface area contributed by atoms with Crippen molar-refractivity contribution >= 4 is 11.9 Å². The van der Waals surface area contributed by atoms with Crippen LogP contribution < -0.4 is 5.32 Å². The predicted molar refractivity (Wildman–Crippen MR) is 338 cm³/mol. The summed E-state index contributed by atoms with van der Waals surface area (Å²) in [5, 5.41) is 23.4. The smallest absolute Gasteiger partial charge is 0.305 e. The van der Waals surface area contributed by atoms with Gasteiger partial charge in [0.15, 0.2) is 0 Å². The Morgan fingerprint density at radius 1 is 0.351 bits per heavy atom. The van der Waals surface area contributed by atoms with Gasteiger partial charge in [-0.3, -0.25) is 9.59 Å². The molecule has 6 nitrogen and oxygen atoms in total. The van der Waals surface area contributed by atoms with Crippen LogP contribution >= 0.6 is 0 Å². The van der Waals surface area contributed by atoms with Crippen LogP contribution in [0.3, 0.4) is 0 Å². The molecule has 0 aliphatic rings. The van der Waals surface area contributed by atoms with Crippen LogP contribution in [0.1, 0.15) is 406 Å². The third-order valence-corrected chi connectivity index (χ3v) is 16.8. The van der Waals surface area contributed by atoms with Crippen LogP contribution in [0, 0.1) is 0 Å². The first-order valence-electron chi connectivity index (χ1n) is 35.4. The van der Waals surface area contributed by atoms with Crippen molar-refractivity contribution in [2.45, 2.75) is 418 Å². The van der Waals surface area contributed by atoms with Crippen LogP contribution in [0.2, 0.25) is 0 Å². The van der Waals surface area contributed by atoms with Crippen LogP contribution in [0.5, 0.6) is 0 Å². The highest BCUT2D eigenvalue weighted by Gasteiger charge is 2.20. The molecule has 0 radical (unpaired) electrons. The molecule has 77 heavy (non-hydrogen) atoms. The Labute approximate surface area is 482 Å². The van der Waals surface area contributed by atoms with E-state index in [-0.39, 0.29) is 18.5 Å². The van der Waals surface area contributed by atoms with Crippen LogP contribution in [0.15, 0.2) is 12.2 Å². The van der Waals surface area contributed by atoms with E-state index in [2.05, 4.69) is 31.3 Å². The van der Waals surface area contributed by atoms with Gasteiger partial charge in [0.2, 0.25) is 5.91 Å². The molecule has 2 unspecified atom stereocenters. The van der Waals surface area contributed by atoms with E-state index in [1.54, 1.807) is 0 Å². The van der Waals surface area contributed by atoms with Crippen molar-refractivity contribution in [3.63, 3.8) is 0 Å². The highest BCUT2D eigenvalue weighted by Crippen LogP contribution is 2.19. The lowest BCUT2D eigenvalue weighted by atomic mass is 10.0. The molecule has 0 heterocycles. The molecule has 0 bridgehead atoms. The first-order chi connectivity index (χ1) is 38.0. The number of amides is 1. The zero-order valence-corrected chi connectivity index (χ0v) is 52.5. The van der Waals surface area contributed by atoms with Gasteiger partial charge in [-0.15, -0.1) is 0 Å². The number of aliphatic hydroxyl groups excluding tert-OH is 2. The van der Waals surface area contributed by atoms with Crippen molar-refractivity contribution in [1.29, 1.82) is 0 Å². The van der Waals surface area contributed by atoms with Gasteiger partial charge < -0.3 is 20.3 Å². The fraction of sp³-hybridized carbons (Fsp3) is 0.944. The third-order valence-electron chi connectivity index (χ3n) is 16.8. The van der Waals surface area contributed by atoms with Crippen molar-refractivity contribution in [1.82, 2.24) is 5.32 Å². The van der Waals surface area contributed by atoms with Gasteiger partial charge in [-0.25, -0.2) is 0 Å². The van der Waals surface area contributed by atoms with Gasteiger partial charge in [-0.05, 0) is 51.4 Å². The van der Waals surface area contributed by atoms with Crippen LogP contribution in [0.25, 0.3) is 0 Å². The first-order valence-corrected chi connectivity index (χ1v) is 35.4. The number of hydrogen-bond donors (Lipinski definition) is 3. The standard InChI is InChI=1S/C71H139NO5/c1-3-5-7-9-11-13-15-17-19-21-23-24-25-26-28-31-35-39-43-47-51-55-59-63-69(74)68(67-73)72-70(75)64-60-56-52-48-44-40-36-32-29-30-34-38-42-46-50-54-58-62-66-77-71(76)65-61-57-53-49-45-41-37-33-27-22-20-18-16-14-12-10-8-6-4-2/h32,36,68-69,73-74H,3-31,33-35,37-67H2,1-2H3,(H,72,75)/b36-32-. The number of ether oxygens (including phenoxy) is 1. The molecule has 0 aromatic rings. The van der Waals surface area contributed by atoms with Gasteiger partial charge in [0.25, 0.3) is 0 Å². The normalized spacial score (nSPS) is 12.5. The molecule has 0 fully saturated rings. The molecule has 458 valence electrons. The van der Waals surface area contributed by atoms with Crippen LogP contribution in [-0.2, 0) is 14.3 Å². The van der Waals surface area contributed by atoms with Crippen molar-refractivity contribution in [3.05, 3.63) is 12.2 Å². The fourth-order valence-electron chi connectivity index (χ4n) is 11.4. The zero-order valence-electron chi connectivity index (χ0n) is 52.5. The van der Waals surface area contributed by atoms with E-state index >= 15 is 0 Å². The average Bonchev–Trinajstić information content (AvgIpc) is 3.43. The summed E-state index contributed by atoms with van der Waals surface area (Å²) in [6.45, 7) is 4.99. The molecule has 0 aromatic heterocycles. The summed E-state index contributed by atoms with van der Waals surface area (Å²) in [6, 6.07) is -0.552. The van der Waals surface area contributed by atoms with Crippen molar-refractivity contribution < 1.29 is 24.5 Å². The highest BCUT2D eigenvalue weighted by molar-refractivity contribution is 5.76. The van der Waals surface area contributed by atoms with Crippen molar-refractivity contribution in [2.75, 3.05) is 13.2 Å². The van der Waals surface area contributed by atoms with Gasteiger partial charge in [0.1, 0.15) is 0 Å². The van der Waals surface area contributed by atoms with Gasteiger partial charge in [0.05, 0.1) is 25.4 Å². The van der Waals surface area contributed by atoms with Crippen LogP contribution in [-0.4, -0.2) is 47.4 Å². The number of carbonyl (C=O) groups is 2. The molecule has 1 amide bonds. The summed E-state index contributed by atoms with van der Waals surface area (Å²) in [6.07, 6.45) is 82.5. The second kappa shape index (κ2) is 67.1. The largest absolute Gasteiger partial charge is 0.466 e. The molecule has 0 saturated carbocycles. The molecule has 2 atom stereocenters. The minimum absolute atomic E-state index is 0.00923. The van der Waals surface area contributed by atoms with Crippen molar-refractivity contribution in [2.24, 2.45) is 0 Å². The monoisotopic (exact) mass is 1090 g/mol. The lowest BCUT2D eigenvalue weighted by Gasteiger charge is -2.22. The highest BCUT2D eigenvalue weighted by atomic mass is 16.5. The van der Waals surface area contributed by atoms with Gasteiger partial charge in [0, 0.05) is 12.8 Å². The Morgan fingerprint density at radius 2 is 0.610 bits per heavy atom. The fourth-order valence-corrected chi connectivity index (χ4v) is 11.4. The summed E-state index contributed by atoms with van der Waals surface area (Å²) in [7, 11) is 0. The number of unbranched alkanes of at least 4 members (excludes halogenated alkanes) is 54. The summed E-state index contributed by atoms with van der Waals surface area (Å²) < 4.78 is 5.51. The Kier molecular flexibility index (Phi) is 65.9. The number of esters is 1. The molecule has 0 spiro atoms. The molecular weight excluding hydrogens is 947 g/mol. The number of aliphatic hydroxyl groups is 2. The quantitative estimate of drug-likeness (QED) is 0.0320. The second-order valence-corrected chi connectivity index (χ2v) is 24.6. The lowest BCUT2D eigenvalue weighted by molar-refractivity contribution is -0.143. The van der Waals surface area contributed by atoms with Gasteiger partial charge in [-0.1, -0.05) is 353 Å². The zero-order chi connectivity index (χ0) is 55.7. The van der Waals surface area contributed by atoms with E-state index in [9.17, 15) is 19.8 Å². The van der Waals surface area contributed by atoms with E-state index < -0.39 is 12.1 Å². The summed E-state index contributed by atoms with van der Waals surface area (Å²) >= 11 is 0. The Morgan fingerprint density at radius 3 is 0.922 bits per heavy atom.